The second-order valence-electron chi connectivity index (χ2n) is 6.52. The number of hydrogen-bond donors (Lipinski definition) is 1. The molecule has 0 radical (unpaired) electrons. The summed E-state index contributed by atoms with van der Waals surface area (Å²) in [7, 11) is 0. The van der Waals surface area contributed by atoms with Crippen molar-refractivity contribution in [2.45, 2.75) is 33.6 Å². The van der Waals surface area contributed by atoms with Crippen molar-refractivity contribution in [3.8, 4) is 11.3 Å². The minimum Gasteiger partial charge on any atom is -0.298 e. The highest BCUT2D eigenvalue weighted by atomic mass is 32.1. The molecule has 0 aliphatic rings. The molecule has 3 nitrogen and oxygen atoms in total. The molecule has 0 fully saturated rings. The summed E-state index contributed by atoms with van der Waals surface area (Å²) in [4.78, 5) is 18.2. The maximum absolute atomic E-state index is 12.5. The molecule has 25 heavy (non-hydrogen) atoms. The highest BCUT2D eigenvalue weighted by Gasteiger charge is 2.13. The molecule has 0 atom stereocenters. The lowest BCUT2D eigenvalue weighted by Crippen LogP contribution is -2.11. The molecule has 0 saturated carbocycles. The van der Waals surface area contributed by atoms with Gasteiger partial charge in [-0.05, 0) is 37.5 Å². The van der Waals surface area contributed by atoms with Gasteiger partial charge in [-0.25, -0.2) is 4.98 Å². The van der Waals surface area contributed by atoms with Crippen molar-refractivity contribution in [1.29, 1.82) is 0 Å². The first kappa shape index (κ1) is 17.4. The van der Waals surface area contributed by atoms with E-state index in [2.05, 4.69) is 55.3 Å². The van der Waals surface area contributed by atoms with Crippen LogP contribution >= 0.6 is 11.3 Å². The smallest absolute Gasteiger partial charge is 0.257 e. The lowest BCUT2D eigenvalue weighted by Gasteiger charge is -2.06. The van der Waals surface area contributed by atoms with Gasteiger partial charge in [-0.15, -0.1) is 11.3 Å². The summed E-state index contributed by atoms with van der Waals surface area (Å²) in [6.45, 7) is 8.37. The van der Waals surface area contributed by atoms with Crippen LogP contribution in [0, 0.1) is 13.8 Å². The normalized spacial score (nSPS) is 10.9. The molecular formula is C21H22N2OS. The predicted octanol–water partition coefficient (Wildman–Crippen LogP) is 5.80. The van der Waals surface area contributed by atoms with Gasteiger partial charge in [0.05, 0.1) is 5.69 Å². The number of carbonyl (C=O) groups is 1. The van der Waals surface area contributed by atoms with Gasteiger partial charge in [0.25, 0.3) is 5.91 Å². The predicted molar refractivity (Wildman–Crippen MR) is 106 cm³/mol. The topological polar surface area (TPSA) is 42.0 Å². The van der Waals surface area contributed by atoms with Crippen LogP contribution in [-0.4, -0.2) is 10.9 Å². The van der Waals surface area contributed by atoms with E-state index in [0.29, 0.717) is 16.6 Å². The van der Waals surface area contributed by atoms with Gasteiger partial charge in [0.2, 0.25) is 0 Å². The third-order valence-corrected chi connectivity index (χ3v) is 5.07. The van der Waals surface area contributed by atoms with E-state index in [1.165, 1.54) is 22.5 Å². The molecular weight excluding hydrogens is 328 g/mol. The highest BCUT2D eigenvalue weighted by molar-refractivity contribution is 7.16. The molecule has 0 spiro atoms. The maximum atomic E-state index is 12.5. The first-order valence-corrected chi connectivity index (χ1v) is 9.21. The summed E-state index contributed by atoms with van der Waals surface area (Å²) in [6.07, 6.45) is 0. The van der Waals surface area contributed by atoms with Gasteiger partial charge in [0.15, 0.2) is 5.13 Å². The monoisotopic (exact) mass is 350 g/mol. The van der Waals surface area contributed by atoms with E-state index in [0.717, 1.165) is 16.1 Å². The van der Waals surface area contributed by atoms with Crippen LogP contribution in [0.5, 0.6) is 0 Å². The molecule has 0 bridgehead atoms. The number of nitrogens with zero attached hydrogens (tertiary/aromatic N) is 1. The number of nitrogens with one attached hydrogen (secondary N) is 1. The molecule has 0 aliphatic carbocycles. The molecule has 1 amide bonds. The Bertz CT molecular complexity index is 877. The average Bonchev–Trinajstić information content (AvgIpc) is 2.96. The second-order valence-corrected chi connectivity index (χ2v) is 7.72. The number of hydrogen-bond acceptors (Lipinski definition) is 3. The molecule has 1 aromatic heterocycles. The first-order chi connectivity index (χ1) is 11.9. The van der Waals surface area contributed by atoms with Crippen molar-refractivity contribution in [1.82, 2.24) is 4.98 Å². The fraction of sp³-hybridized carbons (Fsp3) is 0.238. The molecule has 1 N–H and O–H groups in total. The number of thiazole rings is 1. The maximum Gasteiger partial charge on any atom is 0.257 e. The zero-order valence-corrected chi connectivity index (χ0v) is 15.8. The summed E-state index contributed by atoms with van der Waals surface area (Å²) < 4.78 is 0. The molecule has 4 heteroatoms. The van der Waals surface area contributed by atoms with E-state index in [9.17, 15) is 4.79 Å². The molecule has 1 heterocycles. The van der Waals surface area contributed by atoms with E-state index in [4.69, 9.17) is 0 Å². The van der Waals surface area contributed by atoms with Gasteiger partial charge in [0, 0.05) is 16.0 Å². The van der Waals surface area contributed by atoms with Gasteiger partial charge in [-0.3, -0.25) is 10.1 Å². The summed E-state index contributed by atoms with van der Waals surface area (Å²) >= 11 is 1.50. The Morgan fingerprint density at radius 1 is 1.00 bits per heavy atom. The van der Waals surface area contributed by atoms with Crippen LogP contribution in [0.15, 0.2) is 48.5 Å². The van der Waals surface area contributed by atoms with Crippen molar-refractivity contribution in [2.75, 3.05) is 5.32 Å². The van der Waals surface area contributed by atoms with Crippen molar-refractivity contribution < 1.29 is 4.79 Å². The van der Waals surface area contributed by atoms with Crippen molar-refractivity contribution in [2.24, 2.45) is 0 Å². The van der Waals surface area contributed by atoms with Crippen LogP contribution in [0.4, 0.5) is 5.13 Å². The van der Waals surface area contributed by atoms with Gasteiger partial charge >= 0.3 is 0 Å². The van der Waals surface area contributed by atoms with Crippen LogP contribution in [-0.2, 0) is 0 Å². The average molecular weight is 350 g/mol. The summed E-state index contributed by atoms with van der Waals surface area (Å²) in [5.74, 6) is 0.329. The fourth-order valence-corrected chi connectivity index (χ4v) is 3.45. The third kappa shape index (κ3) is 3.97. The minimum absolute atomic E-state index is 0.125. The van der Waals surface area contributed by atoms with Crippen LogP contribution in [0.25, 0.3) is 11.3 Å². The number of aromatic nitrogens is 1. The minimum atomic E-state index is -0.125. The van der Waals surface area contributed by atoms with Gasteiger partial charge in [0.1, 0.15) is 0 Å². The zero-order valence-electron chi connectivity index (χ0n) is 15.0. The highest BCUT2D eigenvalue weighted by Crippen LogP contribution is 2.30. The lowest BCUT2D eigenvalue weighted by atomic mass is 10.0. The quantitative estimate of drug-likeness (QED) is 0.646. The second kappa shape index (κ2) is 7.19. The number of benzene rings is 2. The molecule has 128 valence electrons. The number of carbonyl (C=O) groups excluding carboxylic acids is 1. The number of rotatable bonds is 4. The van der Waals surface area contributed by atoms with Crippen LogP contribution in [0.1, 0.15) is 46.1 Å². The SMILES string of the molecule is Cc1ccc(-c2nc(NC(=O)c3ccc(C(C)C)cc3)sc2C)cc1. The third-order valence-electron chi connectivity index (χ3n) is 4.18. The molecule has 0 aliphatic heterocycles. The van der Waals surface area contributed by atoms with Crippen molar-refractivity contribution in [3.63, 3.8) is 0 Å². The fourth-order valence-electron chi connectivity index (χ4n) is 2.62. The van der Waals surface area contributed by atoms with Crippen molar-refractivity contribution >= 4 is 22.4 Å². The zero-order chi connectivity index (χ0) is 18.0. The standard InChI is InChI=1S/C21H22N2OS/c1-13(2)16-9-11-18(12-10-16)20(24)23-21-22-19(15(4)25-21)17-7-5-14(3)6-8-17/h5-13H,1-4H3,(H,22,23,24). The Labute approximate surface area is 152 Å². The van der Waals surface area contributed by atoms with E-state index in [-0.39, 0.29) is 5.91 Å². The number of anilines is 1. The van der Waals surface area contributed by atoms with Gasteiger partial charge in [-0.2, -0.15) is 0 Å². The Morgan fingerprint density at radius 2 is 1.64 bits per heavy atom. The molecule has 0 unspecified atom stereocenters. The number of aryl methyl sites for hydroxylation is 2. The van der Waals surface area contributed by atoms with Crippen LogP contribution in [0.2, 0.25) is 0 Å². The molecule has 0 saturated heterocycles. The van der Waals surface area contributed by atoms with Crippen molar-refractivity contribution in [3.05, 3.63) is 70.1 Å². The van der Waals surface area contributed by atoms with E-state index >= 15 is 0 Å². The largest absolute Gasteiger partial charge is 0.298 e. The van der Waals surface area contributed by atoms with Gasteiger partial charge in [-0.1, -0.05) is 55.8 Å². The summed E-state index contributed by atoms with van der Waals surface area (Å²) in [5, 5.41) is 3.55. The van der Waals surface area contributed by atoms with Gasteiger partial charge < -0.3 is 0 Å². The molecule has 3 rings (SSSR count). The summed E-state index contributed by atoms with van der Waals surface area (Å²) in [5.41, 5.74) is 5.09. The number of amides is 1. The Kier molecular flexibility index (Phi) is 5.00. The van der Waals surface area contributed by atoms with E-state index in [1.807, 2.05) is 31.2 Å². The Morgan fingerprint density at radius 3 is 2.24 bits per heavy atom. The lowest BCUT2D eigenvalue weighted by molar-refractivity contribution is 0.102. The summed E-state index contributed by atoms with van der Waals surface area (Å²) in [6, 6.07) is 16.0. The first-order valence-electron chi connectivity index (χ1n) is 8.40. The Balaban J connectivity index is 1.78. The molecule has 3 aromatic rings. The van der Waals surface area contributed by atoms with Crippen LogP contribution < -0.4 is 5.32 Å². The molecule has 2 aromatic carbocycles. The van der Waals surface area contributed by atoms with Crippen LogP contribution in [0.3, 0.4) is 0 Å². The van der Waals surface area contributed by atoms with E-state index < -0.39 is 0 Å². The Hall–Kier alpha value is -2.46. The van der Waals surface area contributed by atoms with E-state index in [1.54, 1.807) is 0 Å².